The second-order valence-electron chi connectivity index (χ2n) is 16.0. The highest BCUT2D eigenvalue weighted by Crippen LogP contribution is 2.29. The molecule has 0 aromatic heterocycles. The highest BCUT2D eigenvalue weighted by atomic mass is 35.5. The number of nitrogens with zero attached hydrogens (tertiary/aromatic N) is 4. The van der Waals surface area contributed by atoms with Crippen molar-refractivity contribution in [3.63, 3.8) is 0 Å². The minimum Gasteiger partial charge on any atom is -0.291 e. The molecule has 0 fully saturated rings. The maximum Gasteiger partial charge on any atom is 0.278 e. The van der Waals surface area contributed by atoms with E-state index in [0.29, 0.717) is 46.2 Å². The Bertz CT molecular complexity index is 1960. The van der Waals surface area contributed by atoms with Crippen molar-refractivity contribution in [1.82, 2.24) is 9.80 Å². The lowest BCUT2D eigenvalue weighted by Gasteiger charge is -2.22. The number of amidine groups is 2. The monoisotopic (exact) mass is 758 g/mol. The molecule has 0 atom stereocenters. The molecule has 0 bridgehead atoms. The van der Waals surface area contributed by atoms with E-state index in [2.05, 4.69) is 90.1 Å². The van der Waals surface area contributed by atoms with Gasteiger partial charge in [-0.3, -0.25) is 19.4 Å². The standard InChI is InChI=1S/C46H48Cl2N4O2/c1-45(2,3)35-19-15-33(16-20-35)41-49-39(29-31-11-23-37(47)24-12-31)43(53)51(41)27-9-7-8-10-28-52-42(34-17-21-36(22-18-34)46(4,5)6)50-40(44(52)54)30-32-13-25-38(48)26-14-32/h11-26,29-30H,7-10,27-28H2,1-6H3. The Morgan fingerprint density at radius 2 is 0.833 bits per heavy atom. The van der Waals surface area contributed by atoms with Crippen LogP contribution < -0.4 is 0 Å². The fourth-order valence-electron chi connectivity index (χ4n) is 6.52. The van der Waals surface area contributed by atoms with Gasteiger partial charge >= 0.3 is 0 Å². The number of carbonyl (C=O) groups is 2. The highest BCUT2D eigenvalue weighted by molar-refractivity contribution is 6.31. The van der Waals surface area contributed by atoms with Crippen molar-refractivity contribution in [2.75, 3.05) is 13.1 Å². The number of amides is 2. The molecule has 0 radical (unpaired) electrons. The van der Waals surface area contributed by atoms with Crippen molar-refractivity contribution in [3.8, 4) is 0 Å². The summed E-state index contributed by atoms with van der Waals surface area (Å²) in [7, 11) is 0. The molecule has 0 N–H and O–H groups in total. The molecule has 2 aliphatic heterocycles. The van der Waals surface area contributed by atoms with Gasteiger partial charge in [0.25, 0.3) is 11.8 Å². The number of rotatable bonds is 11. The number of carbonyl (C=O) groups excluding carboxylic acids is 2. The molecule has 8 heteroatoms. The lowest BCUT2D eigenvalue weighted by Crippen LogP contribution is -2.34. The number of unbranched alkanes of at least 4 members (excludes halogenated alkanes) is 3. The van der Waals surface area contributed by atoms with Crippen LogP contribution >= 0.6 is 23.2 Å². The molecular weight excluding hydrogens is 711 g/mol. The van der Waals surface area contributed by atoms with E-state index >= 15 is 0 Å². The normalized spacial score (nSPS) is 16.5. The summed E-state index contributed by atoms with van der Waals surface area (Å²) in [6.07, 6.45) is 7.01. The number of halogens is 2. The van der Waals surface area contributed by atoms with E-state index in [1.807, 2.05) is 60.7 Å². The maximum absolute atomic E-state index is 13.8. The van der Waals surface area contributed by atoms with Gasteiger partial charge in [0.15, 0.2) is 0 Å². The number of hydrogen-bond donors (Lipinski definition) is 0. The van der Waals surface area contributed by atoms with Crippen LogP contribution in [0.3, 0.4) is 0 Å². The van der Waals surface area contributed by atoms with Crippen LogP contribution in [0, 0.1) is 0 Å². The summed E-state index contributed by atoms with van der Waals surface area (Å²) in [5, 5.41) is 1.28. The van der Waals surface area contributed by atoms with E-state index in [1.54, 1.807) is 9.80 Å². The van der Waals surface area contributed by atoms with Gasteiger partial charge in [0.05, 0.1) is 0 Å². The van der Waals surface area contributed by atoms with Crippen LogP contribution in [0.25, 0.3) is 12.2 Å². The molecule has 0 aliphatic carbocycles. The Morgan fingerprint density at radius 1 is 0.500 bits per heavy atom. The number of benzene rings is 4. The Labute approximate surface area is 329 Å². The second kappa shape index (κ2) is 16.3. The number of aliphatic imine (C=N–C) groups is 2. The zero-order valence-electron chi connectivity index (χ0n) is 32.0. The maximum atomic E-state index is 13.8. The third-order valence-electron chi connectivity index (χ3n) is 9.77. The first-order chi connectivity index (χ1) is 25.7. The van der Waals surface area contributed by atoms with Crippen molar-refractivity contribution in [1.29, 1.82) is 0 Å². The van der Waals surface area contributed by atoms with Crippen molar-refractivity contribution in [2.45, 2.75) is 78.1 Å². The van der Waals surface area contributed by atoms with E-state index in [4.69, 9.17) is 33.2 Å². The third-order valence-corrected chi connectivity index (χ3v) is 10.3. The Morgan fingerprint density at radius 3 is 1.15 bits per heavy atom. The molecule has 278 valence electrons. The average Bonchev–Trinajstić information content (AvgIpc) is 3.61. The topological polar surface area (TPSA) is 65.3 Å². The predicted octanol–water partition coefficient (Wildman–Crippen LogP) is 11.1. The van der Waals surface area contributed by atoms with E-state index in [-0.39, 0.29) is 22.6 Å². The first-order valence-electron chi connectivity index (χ1n) is 18.6. The molecule has 6 rings (SSSR count). The summed E-state index contributed by atoms with van der Waals surface area (Å²) in [5.41, 5.74) is 6.84. The molecule has 6 nitrogen and oxygen atoms in total. The van der Waals surface area contributed by atoms with Crippen LogP contribution in [0.4, 0.5) is 0 Å². The predicted molar refractivity (Wildman–Crippen MR) is 224 cm³/mol. The molecule has 0 unspecified atom stereocenters. The third kappa shape index (κ3) is 9.29. The van der Waals surface area contributed by atoms with Gasteiger partial charge in [-0.1, -0.05) is 150 Å². The SMILES string of the molecule is CC(C)(C)c1ccc(C2=NC(=Cc3ccc(Cl)cc3)C(=O)N2CCCCCCN2C(=O)C(=Cc3ccc(Cl)cc3)N=C2c2ccc(C(C)(C)C)cc2)cc1. The van der Waals surface area contributed by atoms with Gasteiger partial charge in [0.2, 0.25) is 0 Å². The van der Waals surface area contributed by atoms with E-state index in [9.17, 15) is 9.59 Å². The van der Waals surface area contributed by atoms with E-state index in [1.165, 1.54) is 11.1 Å². The summed E-state index contributed by atoms with van der Waals surface area (Å²) >= 11 is 12.2. The first kappa shape index (κ1) is 38.9. The van der Waals surface area contributed by atoms with Crippen LogP contribution in [0.5, 0.6) is 0 Å². The Hall–Kier alpha value is -4.78. The Kier molecular flexibility index (Phi) is 11.7. The molecule has 0 spiro atoms. The molecule has 2 heterocycles. The van der Waals surface area contributed by atoms with Crippen molar-refractivity contribution >= 4 is 58.8 Å². The van der Waals surface area contributed by atoms with Crippen molar-refractivity contribution < 1.29 is 9.59 Å². The van der Waals surface area contributed by atoms with Crippen LogP contribution in [0.2, 0.25) is 10.0 Å². The average molecular weight is 760 g/mol. The molecule has 2 amide bonds. The first-order valence-corrected chi connectivity index (χ1v) is 19.4. The van der Waals surface area contributed by atoms with Gasteiger partial charge in [-0.15, -0.1) is 0 Å². The van der Waals surface area contributed by atoms with Gasteiger partial charge in [-0.25, -0.2) is 9.98 Å². The minimum atomic E-state index is -0.110. The second-order valence-corrected chi connectivity index (χ2v) is 16.9. The zero-order valence-corrected chi connectivity index (χ0v) is 33.5. The summed E-state index contributed by atoms with van der Waals surface area (Å²) in [6, 6.07) is 31.5. The van der Waals surface area contributed by atoms with Gasteiger partial charge in [0, 0.05) is 34.3 Å². The van der Waals surface area contributed by atoms with Gasteiger partial charge in [-0.05, 0) is 82.3 Å². The van der Waals surface area contributed by atoms with Gasteiger partial charge < -0.3 is 0 Å². The summed E-state index contributed by atoms with van der Waals surface area (Å²) in [4.78, 5) is 40.9. The number of hydrogen-bond acceptors (Lipinski definition) is 4. The van der Waals surface area contributed by atoms with Crippen LogP contribution in [0.15, 0.2) is 118 Å². The lowest BCUT2D eigenvalue weighted by molar-refractivity contribution is -0.123. The fourth-order valence-corrected chi connectivity index (χ4v) is 6.77. The molecular formula is C46H48Cl2N4O2. The zero-order chi connectivity index (χ0) is 38.6. The quantitative estimate of drug-likeness (QED) is 0.113. The van der Waals surface area contributed by atoms with E-state index < -0.39 is 0 Å². The minimum absolute atomic E-state index is 0.0168. The largest absolute Gasteiger partial charge is 0.291 e. The molecule has 2 aliphatic rings. The van der Waals surface area contributed by atoms with Crippen LogP contribution in [-0.4, -0.2) is 46.4 Å². The van der Waals surface area contributed by atoms with Crippen molar-refractivity contribution in [3.05, 3.63) is 152 Å². The lowest BCUT2D eigenvalue weighted by atomic mass is 9.86. The van der Waals surface area contributed by atoms with Gasteiger partial charge in [0.1, 0.15) is 23.1 Å². The summed E-state index contributed by atoms with van der Waals surface area (Å²) < 4.78 is 0. The van der Waals surface area contributed by atoms with E-state index in [0.717, 1.165) is 47.9 Å². The van der Waals surface area contributed by atoms with Gasteiger partial charge in [-0.2, -0.15) is 0 Å². The molecule has 4 aromatic carbocycles. The Balaban J connectivity index is 1.13. The summed E-state index contributed by atoms with van der Waals surface area (Å²) in [5.74, 6) is 1.12. The smallest absolute Gasteiger partial charge is 0.278 e. The summed E-state index contributed by atoms with van der Waals surface area (Å²) in [6.45, 7) is 14.2. The van der Waals surface area contributed by atoms with Crippen LogP contribution in [-0.2, 0) is 20.4 Å². The van der Waals surface area contributed by atoms with Crippen LogP contribution in [0.1, 0.15) is 101 Å². The fraction of sp³-hybridized carbons (Fsp3) is 0.304. The van der Waals surface area contributed by atoms with Crippen molar-refractivity contribution in [2.24, 2.45) is 9.98 Å². The molecule has 0 saturated carbocycles. The molecule has 54 heavy (non-hydrogen) atoms. The highest BCUT2D eigenvalue weighted by Gasteiger charge is 2.32. The molecule has 4 aromatic rings. The molecule has 0 saturated heterocycles.